The Labute approximate surface area is 117 Å². The summed E-state index contributed by atoms with van der Waals surface area (Å²) in [6.07, 6.45) is 0.581. The fourth-order valence-corrected chi connectivity index (χ4v) is 4.15. The number of nitrogens with zero attached hydrogens (tertiary/aromatic N) is 1. The highest BCUT2D eigenvalue weighted by Gasteiger charge is 2.35. The molecule has 0 saturated carbocycles. The molecule has 2 heterocycles. The standard InChI is InChI=1S/C12H17NO6S/c1-8-10(12(14)15)11(9(2)19-8)20(16,17)13-4-3-6-18-7-5-13/h3-7H2,1-2H3,(H,14,15). The van der Waals surface area contributed by atoms with Gasteiger partial charge in [-0.15, -0.1) is 0 Å². The van der Waals surface area contributed by atoms with E-state index in [1.165, 1.54) is 18.2 Å². The molecule has 112 valence electrons. The van der Waals surface area contributed by atoms with Gasteiger partial charge in [-0.25, -0.2) is 13.2 Å². The Bertz CT molecular complexity index is 610. The first-order chi connectivity index (χ1) is 9.35. The van der Waals surface area contributed by atoms with Crippen molar-refractivity contribution in [2.45, 2.75) is 25.2 Å². The third-order valence-electron chi connectivity index (χ3n) is 3.20. The summed E-state index contributed by atoms with van der Waals surface area (Å²) < 4.78 is 37.0. The highest BCUT2D eigenvalue weighted by Crippen LogP contribution is 2.29. The summed E-state index contributed by atoms with van der Waals surface area (Å²) >= 11 is 0. The Hall–Kier alpha value is -1.38. The van der Waals surface area contributed by atoms with Gasteiger partial charge in [0.25, 0.3) is 0 Å². The van der Waals surface area contributed by atoms with E-state index in [9.17, 15) is 18.3 Å². The largest absolute Gasteiger partial charge is 0.478 e. The lowest BCUT2D eigenvalue weighted by Gasteiger charge is -2.19. The van der Waals surface area contributed by atoms with Crippen molar-refractivity contribution in [2.75, 3.05) is 26.3 Å². The van der Waals surface area contributed by atoms with Gasteiger partial charge < -0.3 is 14.3 Å². The van der Waals surface area contributed by atoms with E-state index in [0.717, 1.165) is 0 Å². The molecule has 0 aromatic carbocycles. The van der Waals surface area contributed by atoms with Crippen LogP contribution in [0.4, 0.5) is 0 Å². The zero-order chi connectivity index (χ0) is 14.9. The first-order valence-corrected chi connectivity index (χ1v) is 7.71. The molecule has 0 atom stereocenters. The van der Waals surface area contributed by atoms with Crippen LogP contribution in [0.1, 0.15) is 28.3 Å². The number of rotatable bonds is 3. The number of carboxylic acids is 1. The third-order valence-corrected chi connectivity index (χ3v) is 5.25. The SMILES string of the molecule is Cc1oc(C)c(S(=O)(=O)N2CCCOCC2)c1C(=O)O. The molecule has 1 N–H and O–H groups in total. The van der Waals surface area contributed by atoms with Gasteiger partial charge >= 0.3 is 5.97 Å². The average molecular weight is 303 g/mol. The molecule has 0 spiro atoms. The van der Waals surface area contributed by atoms with Gasteiger partial charge in [-0.05, 0) is 20.3 Å². The predicted molar refractivity (Wildman–Crippen MR) is 69.3 cm³/mol. The Balaban J connectivity index is 2.51. The topological polar surface area (TPSA) is 97.0 Å². The zero-order valence-electron chi connectivity index (χ0n) is 11.4. The van der Waals surface area contributed by atoms with Gasteiger partial charge in [0.2, 0.25) is 10.0 Å². The van der Waals surface area contributed by atoms with E-state index in [4.69, 9.17) is 9.15 Å². The van der Waals surface area contributed by atoms with Crippen LogP contribution in [0.15, 0.2) is 9.31 Å². The third kappa shape index (κ3) is 2.58. The maximum absolute atomic E-state index is 12.6. The lowest BCUT2D eigenvalue weighted by atomic mass is 10.2. The molecular formula is C12H17NO6S. The number of hydrogen-bond acceptors (Lipinski definition) is 5. The lowest BCUT2D eigenvalue weighted by Crippen LogP contribution is -2.34. The van der Waals surface area contributed by atoms with Crippen molar-refractivity contribution in [2.24, 2.45) is 0 Å². The minimum Gasteiger partial charge on any atom is -0.478 e. The molecule has 8 heteroatoms. The highest BCUT2D eigenvalue weighted by atomic mass is 32.2. The van der Waals surface area contributed by atoms with Crippen molar-refractivity contribution in [3.63, 3.8) is 0 Å². The van der Waals surface area contributed by atoms with Crippen molar-refractivity contribution in [3.8, 4) is 0 Å². The summed E-state index contributed by atoms with van der Waals surface area (Å²) in [7, 11) is -3.89. The molecule has 0 radical (unpaired) electrons. The minimum atomic E-state index is -3.89. The van der Waals surface area contributed by atoms with Gasteiger partial charge in [-0.3, -0.25) is 0 Å². The number of carbonyl (C=O) groups is 1. The second-order valence-electron chi connectivity index (χ2n) is 4.59. The van der Waals surface area contributed by atoms with E-state index in [0.29, 0.717) is 26.2 Å². The van der Waals surface area contributed by atoms with Crippen LogP contribution in [0, 0.1) is 13.8 Å². The fraction of sp³-hybridized carbons (Fsp3) is 0.583. The number of furan rings is 1. The summed E-state index contributed by atoms with van der Waals surface area (Å²) in [5.41, 5.74) is -0.285. The molecule has 0 amide bonds. The number of ether oxygens (including phenoxy) is 1. The molecule has 0 aliphatic carbocycles. The summed E-state index contributed by atoms with van der Waals surface area (Å²) in [6, 6.07) is 0. The molecule has 1 aromatic heterocycles. The van der Waals surface area contributed by atoms with Crippen molar-refractivity contribution < 1.29 is 27.5 Å². The predicted octanol–water partition coefficient (Wildman–Crippen LogP) is 1.01. The van der Waals surface area contributed by atoms with Gasteiger partial charge in [0.15, 0.2) is 0 Å². The molecule has 1 aliphatic heterocycles. The summed E-state index contributed by atoms with van der Waals surface area (Å²) in [6.45, 7) is 4.23. The molecular weight excluding hydrogens is 286 g/mol. The van der Waals surface area contributed by atoms with E-state index in [1.807, 2.05) is 0 Å². The first kappa shape index (κ1) is 15.0. The van der Waals surface area contributed by atoms with Gasteiger partial charge in [0, 0.05) is 19.7 Å². The van der Waals surface area contributed by atoms with Gasteiger partial charge in [-0.2, -0.15) is 4.31 Å². The van der Waals surface area contributed by atoms with E-state index in [-0.39, 0.29) is 28.5 Å². The van der Waals surface area contributed by atoms with Crippen LogP contribution >= 0.6 is 0 Å². The number of sulfonamides is 1. The van der Waals surface area contributed by atoms with E-state index >= 15 is 0 Å². The quantitative estimate of drug-likeness (QED) is 0.895. The Morgan fingerprint density at radius 1 is 1.20 bits per heavy atom. The Morgan fingerprint density at radius 3 is 2.55 bits per heavy atom. The number of carboxylic acid groups (broad SMARTS) is 1. The second kappa shape index (κ2) is 5.55. The van der Waals surface area contributed by atoms with E-state index in [2.05, 4.69) is 0 Å². The fourth-order valence-electron chi connectivity index (χ4n) is 2.31. The van der Waals surface area contributed by atoms with Crippen LogP contribution in [-0.2, 0) is 14.8 Å². The van der Waals surface area contributed by atoms with Crippen molar-refractivity contribution in [1.29, 1.82) is 0 Å². The Kier molecular flexibility index (Phi) is 4.17. The molecule has 1 aromatic rings. The van der Waals surface area contributed by atoms with Crippen LogP contribution in [-0.4, -0.2) is 50.1 Å². The van der Waals surface area contributed by atoms with Crippen LogP contribution < -0.4 is 0 Å². The van der Waals surface area contributed by atoms with Crippen molar-refractivity contribution in [1.82, 2.24) is 4.31 Å². The van der Waals surface area contributed by atoms with E-state index in [1.54, 1.807) is 0 Å². The number of aromatic carboxylic acids is 1. The maximum Gasteiger partial charge on any atom is 0.340 e. The smallest absolute Gasteiger partial charge is 0.340 e. The molecule has 0 unspecified atom stereocenters. The molecule has 1 aliphatic rings. The molecule has 20 heavy (non-hydrogen) atoms. The number of hydrogen-bond donors (Lipinski definition) is 1. The van der Waals surface area contributed by atoms with Crippen LogP contribution in [0.5, 0.6) is 0 Å². The van der Waals surface area contributed by atoms with Crippen LogP contribution in [0.3, 0.4) is 0 Å². The summed E-state index contributed by atoms with van der Waals surface area (Å²) in [5.74, 6) is -1.10. The molecule has 0 bridgehead atoms. The molecule has 1 fully saturated rings. The van der Waals surface area contributed by atoms with Crippen LogP contribution in [0.2, 0.25) is 0 Å². The zero-order valence-corrected chi connectivity index (χ0v) is 12.2. The monoisotopic (exact) mass is 303 g/mol. The average Bonchev–Trinajstić information content (AvgIpc) is 2.57. The highest BCUT2D eigenvalue weighted by molar-refractivity contribution is 7.89. The maximum atomic E-state index is 12.6. The van der Waals surface area contributed by atoms with Gasteiger partial charge in [0.1, 0.15) is 22.0 Å². The molecule has 7 nitrogen and oxygen atoms in total. The summed E-state index contributed by atoms with van der Waals surface area (Å²) in [5, 5.41) is 9.21. The van der Waals surface area contributed by atoms with Gasteiger partial charge in [0.05, 0.1) is 6.61 Å². The van der Waals surface area contributed by atoms with Crippen molar-refractivity contribution in [3.05, 3.63) is 17.1 Å². The van der Waals surface area contributed by atoms with Gasteiger partial charge in [-0.1, -0.05) is 0 Å². The van der Waals surface area contributed by atoms with Crippen LogP contribution in [0.25, 0.3) is 0 Å². The van der Waals surface area contributed by atoms with Crippen molar-refractivity contribution >= 4 is 16.0 Å². The number of aryl methyl sites for hydroxylation is 2. The molecule has 1 saturated heterocycles. The first-order valence-electron chi connectivity index (χ1n) is 6.27. The minimum absolute atomic E-state index is 0.0969. The van der Waals surface area contributed by atoms with E-state index < -0.39 is 16.0 Å². The lowest BCUT2D eigenvalue weighted by molar-refractivity contribution is 0.0691. The Morgan fingerprint density at radius 2 is 1.90 bits per heavy atom. The summed E-state index contributed by atoms with van der Waals surface area (Å²) in [4.78, 5) is 11.0. The normalized spacial score (nSPS) is 17.9. The second-order valence-corrected chi connectivity index (χ2v) is 6.47. The molecule has 2 rings (SSSR count).